The van der Waals surface area contributed by atoms with Gasteiger partial charge in [0.2, 0.25) is 0 Å². The van der Waals surface area contributed by atoms with Gasteiger partial charge in [0.1, 0.15) is 9.61 Å². The average molecular weight is 316 g/mol. The molecule has 1 nitrogen and oxygen atoms in total. The molecule has 0 radical (unpaired) electrons. The lowest BCUT2D eigenvalue weighted by Gasteiger charge is -1.95. The molecule has 0 spiro atoms. The monoisotopic (exact) mass is 315 g/mol. The Morgan fingerprint density at radius 3 is 1.94 bits per heavy atom. The van der Waals surface area contributed by atoms with Gasteiger partial charge in [0.15, 0.2) is 0 Å². The Labute approximate surface area is 118 Å². The van der Waals surface area contributed by atoms with Crippen molar-refractivity contribution in [1.82, 2.24) is 4.98 Å². The topological polar surface area (TPSA) is 12.9 Å². The zero-order chi connectivity index (χ0) is 12.4. The molecule has 3 rings (SSSR count). The zero-order valence-corrected chi connectivity index (χ0v) is 11.9. The summed E-state index contributed by atoms with van der Waals surface area (Å²) in [5.74, 6) is 0. The molecule has 0 bridgehead atoms. The van der Waals surface area contributed by atoms with Crippen molar-refractivity contribution in [1.29, 1.82) is 0 Å². The Morgan fingerprint density at radius 2 is 1.33 bits per heavy atom. The Balaban J connectivity index is 2.07. The summed E-state index contributed by atoms with van der Waals surface area (Å²) in [5, 5.41) is 1.04. The van der Waals surface area contributed by atoms with Crippen molar-refractivity contribution in [3.8, 4) is 21.0 Å². The van der Waals surface area contributed by atoms with Gasteiger partial charge in [0.05, 0.1) is 4.88 Å². The van der Waals surface area contributed by atoms with E-state index in [4.69, 9.17) is 0 Å². The molecule has 0 fully saturated rings. The molecule has 3 aromatic rings. The number of halogens is 1. The van der Waals surface area contributed by atoms with Crippen LogP contribution in [0.5, 0.6) is 0 Å². The molecule has 0 saturated heterocycles. The van der Waals surface area contributed by atoms with Crippen LogP contribution in [0.1, 0.15) is 0 Å². The lowest BCUT2D eigenvalue weighted by molar-refractivity contribution is 1.36. The van der Waals surface area contributed by atoms with E-state index in [0.29, 0.717) is 0 Å². The second-order valence-electron chi connectivity index (χ2n) is 3.87. The molecule has 1 aromatic heterocycles. The van der Waals surface area contributed by atoms with Crippen LogP contribution in [0.3, 0.4) is 0 Å². The van der Waals surface area contributed by atoms with Gasteiger partial charge in [-0.25, -0.2) is 4.98 Å². The zero-order valence-electron chi connectivity index (χ0n) is 9.51. The fraction of sp³-hybridized carbons (Fsp3) is 0. The highest BCUT2D eigenvalue weighted by Crippen LogP contribution is 2.37. The first-order valence-corrected chi connectivity index (χ1v) is 7.23. The number of nitrogens with zero attached hydrogens (tertiary/aromatic N) is 1. The minimum Gasteiger partial charge on any atom is -0.228 e. The van der Waals surface area contributed by atoms with Crippen molar-refractivity contribution < 1.29 is 0 Å². The first kappa shape index (κ1) is 11.6. The summed E-state index contributed by atoms with van der Waals surface area (Å²) in [6, 6.07) is 20.6. The van der Waals surface area contributed by atoms with E-state index in [9.17, 15) is 0 Å². The third-order valence-electron chi connectivity index (χ3n) is 2.64. The highest BCUT2D eigenvalue weighted by molar-refractivity contribution is 9.10. The van der Waals surface area contributed by atoms with Crippen molar-refractivity contribution in [3.05, 3.63) is 65.3 Å². The fourth-order valence-corrected chi connectivity index (χ4v) is 3.51. The summed E-state index contributed by atoms with van der Waals surface area (Å²) in [4.78, 5) is 5.77. The first-order chi connectivity index (χ1) is 8.84. The van der Waals surface area contributed by atoms with Crippen LogP contribution < -0.4 is 0 Å². The average Bonchev–Trinajstić information content (AvgIpc) is 2.83. The number of hydrogen-bond acceptors (Lipinski definition) is 2. The third-order valence-corrected chi connectivity index (χ3v) is 4.63. The maximum Gasteiger partial charge on any atom is 0.125 e. The quantitative estimate of drug-likeness (QED) is 0.630. The van der Waals surface area contributed by atoms with E-state index in [2.05, 4.69) is 45.2 Å². The van der Waals surface area contributed by atoms with E-state index >= 15 is 0 Å². The molecule has 88 valence electrons. The predicted molar refractivity (Wildman–Crippen MR) is 80.7 cm³/mol. The molecule has 0 saturated carbocycles. The molecule has 0 N–H and O–H groups in total. The molecule has 0 aliphatic rings. The molecule has 0 aliphatic carbocycles. The molecular weight excluding hydrogens is 306 g/mol. The van der Waals surface area contributed by atoms with Crippen LogP contribution in [0, 0.1) is 0 Å². The molecule has 18 heavy (non-hydrogen) atoms. The third kappa shape index (κ3) is 2.24. The standard InChI is InChI=1S/C15H10BrNS/c16-14-13(11-7-3-1-4-8-11)18-15(17-14)12-9-5-2-6-10-12/h1-10H. The summed E-state index contributed by atoms with van der Waals surface area (Å²) in [7, 11) is 0. The lowest BCUT2D eigenvalue weighted by atomic mass is 10.2. The van der Waals surface area contributed by atoms with E-state index in [0.717, 1.165) is 15.2 Å². The minimum absolute atomic E-state index is 0.914. The van der Waals surface area contributed by atoms with Crippen LogP contribution in [0.15, 0.2) is 65.3 Å². The van der Waals surface area contributed by atoms with Gasteiger partial charge in [-0.1, -0.05) is 60.7 Å². The van der Waals surface area contributed by atoms with Gasteiger partial charge in [0, 0.05) is 5.56 Å². The number of aromatic nitrogens is 1. The molecule has 3 heteroatoms. The van der Waals surface area contributed by atoms with E-state index in [-0.39, 0.29) is 0 Å². The van der Waals surface area contributed by atoms with Gasteiger partial charge in [0.25, 0.3) is 0 Å². The van der Waals surface area contributed by atoms with Gasteiger partial charge in [-0.05, 0) is 21.5 Å². The highest BCUT2D eigenvalue weighted by Gasteiger charge is 2.11. The van der Waals surface area contributed by atoms with Crippen LogP contribution in [0.2, 0.25) is 0 Å². The predicted octanol–water partition coefficient (Wildman–Crippen LogP) is 5.24. The lowest BCUT2D eigenvalue weighted by Crippen LogP contribution is -1.73. The molecule has 0 amide bonds. The van der Waals surface area contributed by atoms with Crippen LogP contribution in [-0.4, -0.2) is 4.98 Å². The largest absolute Gasteiger partial charge is 0.228 e. The van der Waals surface area contributed by atoms with Gasteiger partial charge in [-0.2, -0.15) is 0 Å². The van der Waals surface area contributed by atoms with Gasteiger partial charge in [-0.15, -0.1) is 11.3 Å². The SMILES string of the molecule is Brc1nc(-c2ccccc2)sc1-c1ccccc1. The van der Waals surface area contributed by atoms with Crippen LogP contribution in [0.25, 0.3) is 21.0 Å². The van der Waals surface area contributed by atoms with Crippen molar-refractivity contribution in [2.75, 3.05) is 0 Å². The van der Waals surface area contributed by atoms with Crippen molar-refractivity contribution in [2.24, 2.45) is 0 Å². The Kier molecular flexibility index (Phi) is 3.26. The summed E-state index contributed by atoms with van der Waals surface area (Å²) in [5.41, 5.74) is 2.36. The number of thiazole rings is 1. The number of benzene rings is 2. The summed E-state index contributed by atoms with van der Waals surface area (Å²) in [6.45, 7) is 0. The van der Waals surface area contributed by atoms with E-state index in [1.807, 2.05) is 36.4 Å². The Morgan fingerprint density at radius 1 is 0.778 bits per heavy atom. The normalized spacial score (nSPS) is 10.5. The summed E-state index contributed by atoms with van der Waals surface area (Å²) < 4.78 is 0.914. The number of hydrogen-bond donors (Lipinski definition) is 0. The van der Waals surface area contributed by atoms with Crippen LogP contribution >= 0.6 is 27.3 Å². The Bertz CT molecular complexity index is 647. The molecule has 2 aromatic carbocycles. The van der Waals surface area contributed by atoms with E-state index < -0.39 is 0 Å². The number of rotatable bonds is 2. The second-order valence-corrected chi connectivity index (χ2v) is 5.62. The fourth-order valence-electron chi connectivity index (χ4n) is 1.77. The van der Waals surface area contributed by atoms with E-state index in [1.165, 1.54) is 10.4 Å². The summed E-state index contributed by atoms with van der Waals surface area (Å²) in [6.07, 6.45) is 0. The van der Waals surface area contributed by atoms with Gasteiger partial charge in [-0.3, -0.25) is 0 Å². The summed E-state index contributed by atoms with van der Waals surface area (Å²) >= 11 is 5.26. The minimum atomic E-state index is 0.914. The maximum absolute atomic E-state index is 4.59. The van der Waals surface area contributed by atoms with Crippen molar-refractivity contribution in [2.45, 2.75) is 0 Å². The van der Waals surface area contributed by atoms with Crippen LogP contribution in [-0.2, 0) is 0 Å². The highest BCUT2D eigenvalue weighted by atomic mass is 79.9. The second kappa shape index (κ2) is 5.04. The van der Waals surface area contributed by atoms with Gasteiger partial charge >= 0.3 is 0 Å². The molecule has 0 aliphatic heterocycles. The first-order valence-electron chi connectivity index (χ1n) is 5.62. The van der Waals surface area contributed by atoms with Crippen molar-refractivity contribution in [3.63, 3.8) is 0 Å². The van der Waals surface area contributed by atoms with Gasteiger partial charge < -0.3 is 0 Å². The smallest absolute Gasteiger partial charge is 0.125 e. The van der Waals surface area contributed by atoms with Crippen LogP contribution in [0.4, 0.5) is 0 Å². The van der Waals surface area contributed by atoms with Crippen molar-refractivity contribution >= 4 is 27.3 Å². The molecule has 1 heterocycles. The Hall–Kier alpha value is -1.45. The molecular formula is C15H10BrNS. The van der Waals surface area contributed by atoms with E-state index in [1.54, 1.807) is 11.3 Å². The molecule has 0 atom stereocenters. The molecule has 0 unspecified atom stereocenters. The maximum atomic E-state index is 4.59.